The fraction of sp³-hybridized carbons (Fsp3) is 0.632. The van der Waals surface area contributed by atoms with E-state index in [9.17, 15) is 4.79 Å². The molecular formula is C19H28N2O5. The average Bonchev–Trinajstić information content (AvgIpc) is 2.86. The van der Waals surface area contributed by atoms with Gasteiger partial charge in [0.25, 0.3) is 5.91 Å². The molecule has 7 heteroatoms. The minimum atomic E-state index is -1.02. The zero-order valence-corrected chi connectivity index (χ0v) is 15.7. The first kappa shape index (κ1) is 18.9. The normalized spacial score (nSPS) is 24.2. The first-order valence-corrected chi connectivity index (χ1v) is 9.00. The Hall–Kier alpha value is -1.83. The largest absolute Gasteiger partial charge is 0.493 e. The number of amides is 1. The maximum Gasteiger partial charge on any atom is 0.266 e. The Balaban J connectivity index is 1.72. The maximum absolute atomic E-state index is 13.2. The van der Waals surface area contributed by atoms with Gasteiger partial charge in [0.2, 0.25) is 0 Å². The van der Waals surface area contributed by atoms with Gasteiger partial charge in [-0.05, 0) is 26.0 Å². The van der Waals surface area contributed by atoms with Crippen molar-refractivity contribution in [1.82, 2.24) is 10.2 Å². The van der Waals surface area contributed by atoms with E-state index in [1.54, 1.807) is 27.0 Å². The van der Waals surface area contributed by atoms with E-state index in [1.165, 1.54) is 0 Å². The number of benzene rings is 1. The number of nitrogens with zero attached hydrogens (tertiary/aromatic N) is 1. The van der Waals surface area contributed by atoms with Gasteiger partial charge < -0.3 is 29.2 Å². The Morgan fingerprint density at radius 3 is 2.81 bits per heavy atom. The van der Waals surface area contributed by atoms with Crippen LogP contribution in [0.2, 0.25) is 0 Å². The highest BCUT2D eigenvalue weighted by molar-refractivity contribution is 5.85. The number of rotatable bonds is 4. The summed E-state index contributed by atoms with van der Waals surface area (Å²) in [4.78, 5) is 15.0. The summed E-state index contributed by atoms with van der Waals surface area (Å²) in [6.45, 7) is 7.68. The molecule has 1 aromatic carbocycles. The maximum atomic E-state index is 13.2. The summed E-state index contributed by atoms with van der Waals surface area (Å²) in [6.07, 6.45) is 0. The van der Waals surface area contributed by atoms with E-state index in [1.807, 2.05) is 23.1 Å². The van der Waals surface area contributed by atoms with Crippen LogP contribution in [0.15, 0.2) is 24.3 Å². The van der Waals surface area contributed by atoms with Crippen molar-refractivity contribution in [2.45, 2.75) is 25.0 Å². The second-order valence-electron chi connectivity index (χ2n) is 7.25. The Labute approximate surface area is 154 Å². The highest BCUT2D eigenvalue weighted by Gasteiger charge is 2.43. The number of nitrogens with one attached hydrogen (secondary N) is 1. The molecule has 0 bridgehead atoms. The molecule has 2 heterocycles. The molecular weight excluding hydrogens is 336 g/mol. The van der Waals surface area contributed by atoms with Crippen LogP contribution < -0.4 is 14.8 Å². The molecule has 1 aromatic rings. The predicted octanol–water partition coefficient (Wildman–Crippen LogP) is 1.07. The van der Waals surface area contributed by atoms with Crippen molar-refractivity contribution >= 4 is 5.91 Å². The SMILES string of the molecule is COc1ccccc1OC(C)(C)C(=O)N1CCO[C@]2(CNCCOC2)C1. The minimum Gasteiger partial charge on any atom is -0.493 e. The van der Waals surface area contributed by atoms with Gasteiger partial charge in [0.1, 0.15) is 5.60 Å². The lowest BCUT2D eigenvalue weighted by Crippen LogP contribution is -2.62. The smallest absolute Gasteiger partial charge is 0.266 e. The Kier molecular flexibility index (Phi) is 5.70. The summed E-state index contributed by atoms with van der Waals surface area (Å²) in [5, 5.41) is 3.33. The molecule has 0 radical (unpaired) electrons. The molecule has 0 unspecified atom stereocenters. The summed E-state index contributed by atoms with van der Waals surface area (Å²) in [5.74, 6) is 1.08. The first-order chi connectivity index (χ1) is 12.5. The van der Waals surface area contributed by atoms with Crippen molar-refractivity contribution in [1.29, 1.82) is 0 Å². The third kappa shape index (κ3) is 4.11. The number of carbonyl (C=O) groups excluding carboxylic acids is 1. The van der Waals surface area contributed by atoms with E-state index < -0.39 is 11.2 Å². The van der Waals surface area contributed by atoms with E-state index in [4.69, 9.17) is 18.9 Å². The fourth-order valence-corrected chi connectivity index (χ4v) is 3.38. The molecule has 2 aliphatic heterocycles. The molecule has 2 fully saturated rings. The molecule has 1 amide bonds. The minimum absolute atomic E-state index is 0.0738. The van der Waals surface area contributed by atoms with Gasteiger partial charge in [-0.1, -0.05) is 12.1 Å². The quantitative estimate of drug-likeness (QED) is 0.862. The highest BCUT2D eigenvalue weighted by atomic mass is 16.6. The van der Waals surface area contributed by atoms with E-state index in [0.717, 1.165) is 6.54 Å². The zero-order valence-electron chi connectivity index (χ0n) is 15.7. The van der Waals surface area contributed by atoms with Crippen molar-refractivity contribution in [3.05, 3.63) is 24.3 Å². The van der Waals surface area contributed by atoms with Gasteiger partial charge in [0, 0.05) is 19.6 Å². The molecule has 0 aliphatic carbocycles. The molecule has 3 rings (SSSR count). The second-order valence-corrected chi connectivity index (χ2v) is 7.25. The molecule has 7 nitrogen and oxygen atoms in total. The number of methoxy groups -OCH3 is 1. The van der Waals surface area contributed by atoms with Crippen molar-refractivity contribution in [2.24, 2.45) is 0 Å². The topological polar surface area (TPSA) is 69.3 Å². The van der Waals surface area contributed by atoms with Crippen LogP contribution in [0.25, 0.3) is 0 Å². The molecule has 1 spiro atoms. The van der Waals surface area contributed by atoms with Crippen LogP contribution >= 0.6 is 0 Å². The van der Waals surface area contributed by atoms with Gasteiger partial charge in [-0.25, -0.2) is 0 Å². The van der Waals surface area contributed by atoms with Crippen LogP contribution in [-0.2, 0) is 14.3 Å². The van der Waals surface area contributed by atoms with E-state index in [-0.39, 0.29) is 5.91 Å². The molecule has 144 valence electrons. The van der Waals surface area contributed by atoms with Gasteiger partial charge in [-0.15, -0.1) is 0 Å². The van der Waals surface area contributed by atoms with Crippen LogP contribution in [-0.4, -0.2) is 75.1 Å². The van der Waals surface area contributed by atoms with Gasteiger partial charge >= 0.3 is 0 Å². The monoisotopic (exact) mass is 364 g/mol. The van der Waals surface area contributed by atoms with E-state index >= 15 is 0 Å². The molecule has 26 heavy (non-hydrogen) atoms. The molecule has 1 N–H and O–H groups in total. The van der Waals surface area contributed by atoms with Gasteiger partial charge in [0.15, 0.2) is 17.1 Å². The van der Waals surface area contributed by atoms with Crippen molar-refractivity contribution in [3.8, 4) is 11.5 Å². The Bertz CT molecular complexity index is 626. The molecule has 2 aliphatic rings. The summed E-state index contributed by atoms with van der Waals surface area (Å²) in [7, 11) is 1.59. The average molecular weight is 364 g/mol. The number of hydrogen-bond donors (Lipinski definition) is 1. The Morgan fingerprint density at radius 1 is 1.27 bits per heavy atom. The van der Waals surface area contributed by atoms with Gasteiger partial charge in [-0.3, -0.25) is 4.79 Å². The van der Waals surface area contributed by atoms with E-state index in [0.29, 0.717) is 51.0 Å². The van der Waals surface area contributed by atoms with Crippen LogP contribution in [0.4, 0.5) is 0 Å². The third-order valence-electron chi connectivity index (χ3n) is 4.72. The number of carbonyl (C=O) groups is 1. The molecule has 0 aromatic heterocycles. The third-order valence-corrected chi connectivity index (χ3v) is 4.72. The van der Waals surface area contributed by atoms with Crippen molar-refractivity contribution in [2.75, 3.05) is 53.1 Å². The van der Waals surface area contributed by atoms with Crippen LogP contribution in [0.5, 0.6) is 11.5 Å². The molecule has 2 saturated heterocycles. The summed E-state index contributed by atoms with van der Waals surface area (Å²) >= 11 is 0. The lowest BCUT2D eigenvalue weighted by atomic mass is 10.00. The molecule has 0 saturated carbocycles. The number of ether oxygens (including phenoxy) is 4. The fourth-order valence-electron chi connectivity index (χ4n) is 3.38. The predicted molar refractivity (Wildman–Crippen MR) is 96.7 cm³/mol. The number of hydrogen-bond acceptors (Lipinski definition) is 6. The van der Waals surface area contributed by atoms with Crippen LogP contribution in [0.1, 0.15) is 13.8 Å². The van der Waals surface area contributed by atoms with Crippen molar-refractivity contribution in [3.63, 3.8) is 0 Å². The summed E-state index contributed by atoms with van der Waals surface area (Å²) in [5.41, 5.74) is -1.52. The summed E-state index contributed by atoms with van der Waals surface area (Å²) in [6, 6.07) is 7.34. The van der Waals surface area contributed by atoms with Crippen LogP contribution in [0, 0.1) is 0 Å². The van der Waals surface area contributed by atoms with E-state index in [2.05, 4.69) is 5.32 Å². The lowest BCUT2D eigenvalue weighted by molar-refractivity contribution is -0.168. The number of morpholine rings is 1. The second kappa shape index (κ2) is 7.82. The van der Waals surface area contributed by atoms with Crippen molar-refractivity contribution < 1.29 is 23.7 Å². The zero-order chi connectivity index (χ0) is 18.6. The van der Waals surface area contributed by atoms with Gasteiger partial charge in [-0.2, -0.15) is 0 Å². The Morgan fingerprint density at radius 2 is 2.04 bits per heavy atom. The number of para-hydroxylation sites is 2. The highest BCUT2D eigenvalue weighted by Crippen LogP contribution is 2.31. The standard InChI is InChI=1S/C19H28N2O5/c1-18(2,26-16-7-5-4-6-15(16)23-3)17(22)21-9-11-25-19(13-21)12-20-8-10-24-14-19/h4-7,20H,8-14H2,1-3H3/t19-/m1/s1. The van der Waals surface area contributed by atoms with Crippen LogP contribution in [0.3, 0.4) is 0 Å². The summed E-state index contributed by atoms with van der Waals surface area (Å²) < 4.78 is 23.0. The first-order valence-electron chi connectivity index (χ1n) is 9.00. The molecule has 1 atom stereocenters. The van der Waals surface area contributed by atoms with Gasteiger partial charge in [0.05, 0.1) is 33.5 Å². The lowest BCUT2D eigenvalue weighted by Gasteiger charge is -2.43.